The first kappa shape index (κ1) is 13.4. The van der Waals surface area contributed by atoms with Crippen LogP contribution in [0.1, 0.15) is 25.3 Å². The predicted molar refractivity (Wildman–Crippen MR) is 75.3 cm³/mol. The van der Waals surface area contributed by atoms with Gasteiger partial charge in [-0.25, -0.2) is 9.37 Å². The number of hydrogen-bond donors (Lipinski definition) is 1. The van der Waals surface area contributed by atoms with E-state index in [0.717, 1.165) is 28.1 Å². The summed E-state index contributed by atoms with van der Waals surface area (Å²) in [7, 11) is 0. The van der Waals surface area contributed by atoms with Gasteiger partial charge in [-0.15, -0.1) is 11.3 Å². The summed E-state index contributed by atoms with van der Waals surface area (Å²) in [5.41, 5.74) is 6.56. The molecule has 0 aliphatic rings. The zero-order valence-corrected chi connectivity index (χ0v) is 11.6. The van der Waals surface area contributed by atoms with Gasteiger partial charge in [0.25, 0.3) is 0 Å². The van der Waals surface area contributed by atoms with Crippen molar-refractivity contribution in [3.8, 4) is 0 Å². The minimum Gasteiger partial charge on any atom is -0.330 e. The molecule has 2 nitrogen and oxygen atoms in total. The molecule has 0 saturated heterocycles. The summed E-state index contributed by atoms with van der Waals surface area (Å²) < 4.78 is 14.1. The monoisotopic (exact) mass is 266 g/mol. The second kappa shape index (κ2) is 5.76. The molecule has 4 heteroatoms. The van der Waals surface area contributed by atoms with Crippen LogP contribution >= 0.6 is 11.3 Å². The summed E-state index contributed by atoms with van der Waals surface area (Å²) in [4.78, 5) is 4.49. The van der Waals surface area contributed by atoms with E-state index in [1.807, 2.05) is 0 Å². The van der Waals surface area contributed by atoms with Crippen molar-refractivity contribution in [3.05, 3.63) is 29.0 Å². The number of benzene rings is 1. The number of hydrogen-bond acceptors (Lipinski definition) is 3. The number of nitrogens with two attached hydrogens (primary N) is 1. The third-order valence-corrected chi connectivity index (χ3v) is 4.05. The SMILES string of the molecule is CC(C)CC(CN)Cc1nc2cc(F)ccc2s1. The van der Waals surface area contributed by atoms with Crippen LogP contribution in [0.25, 0.3) is 10.2 Å². The van der Waals surface area contributed by atoms with Gasteiger partial charge >= 0.3 is 0 Å². The summed E-state index contributed by atoms with van der Waals surface area (Å²) in [6.07, 6.45) is 2.01. The summed E-state index contributed by atoms with van der Waals surface area (Å²) in [6.45, 7) is 5.09. The van der Waals surface area contributed by atoms with Gasteiger partial charge in [-0.05, 0) is 36.9 Å². The van der Waals surface area contributed by atoms with Gasteiger partial charge in [0.1, 0.15) is 5.82 Å². The molecule has 0 aliphatic heterocycles. The quantitative estimate of drug-likeness (QED) is 0.898. The van der Waals surface area contributed by atoms with Crippen LogP contribution in [0.3, 0.4) is 0 Å². The van der Waals surface area contributed by atoms with Crippen molar-refractivity contribution in [2.75, 3.05) is 6.54 Å². The topological polar surface area (TPSA) is 38.9 Å². The highest BCUT2D eigenvalue weighted by Crippen LogP contribution is 2.26. The number of aromatic nitrogens is 1. The van der Waals surface area contributed by atoms with Crippen molar-refractivity contribution < 1.29 is 4.39 Å². The molecule has 2 aromatic rings. The van der Waals surface area contributed by atoms with E-state index in [1.165, 1.54) is 12.1 Å². The second-order valence-corrected chi connectivity index (χ2v) is 6.27. The van der Waals surface area contributed by atoms with E-state index in [0.29, 0.717) is 18.4 Å². The molecule has 1 aromatic heterocycles. The average molecular weight is 266 g/mol. The van der Waals surface area contributed by atoms with Gasteiger partial charge in [0.2, 0.25) is 0 Å². The lowest BCUT2D eigenvalue weighted by molar-refractivity contribution is 0.415. The van der Waals surface area contributed by atoms with Crippen molar-refractivity contribution in [3.63, 3.8) is 0 Å². The fraction of sp³-hybridized carbons (Fsp3) is 0.500. The summed E-state index contributed by atoms with van der Waals surface area (Å²) >= 11 is 1.64. The maximum Gasteiger partial charge on any atom is 0.125 e. The van der Waals surface area contributed by atoms with Gasteiger partial charge < -0.3 is 5.73 Å². The largest absolute Gasteiger partial charge is 0.330 e. The van der Waals surface area contributed by atoms with Crippen LogP contribution in [-0.4, -0.2) is 11.5 Å². The van der Waals surface area contributed by atoms with E-state index >= 15 is 0 Å². The second-order valence-electron chi connectivity index (χ2n) is 5.16. The highest BCUT2D eigenvalue weighted by Gasteiger charge is 2.13. The van der Waals surface area contributed by atoms with Crippen LogP contribution in [-0.2, 0) is 6.42 Å². The Labute approximate surface area is 111 Å². The molecule has 98 valence electrons. The Kier molecular flexibility index (Phi) is 4.30. The molecule has 1 heterocycles. The van der Waals surface area contributed by atoms with Crippen LogP contribution in [0, 0.1) is 17.7 Å². The first-order valence-electron chi connectivity index (χ1n) is 6.33. The number of fused-ring (bicyclic) bond motifs is 1. The highest BCUT2D eigenvalue weighted by atomic mass is 32.1. The van der Waals surface area contributed by atoms with Crippen molar-refractivity contribution in [1.82, 2.24) is 4.98 Å². The van der Waals surface area contributed by atoms with Gasteiger partial charge in [0.15, 0.2) is 0 Å². The smallest absolute Gasteiger partial charge is 0.125 e. The fourth-order valence-corrected chi connectivity index (χ4v) is 3.27. The molecule has 18 heavy (non-hydrogen) atoms. The van der Waals surface area contributed by atoms with Crippen LogP contribution in [0.4, 0.5) is 4.39 Å². The lowest BCUT2D eigenvalue weighted by Gasteiger charge is -2.15. The zero-order valence-electron chi connectivity index (χ0n) is 10.8. The first-order chi connectivity index (χ1) is 8.58. The molecule has 1 aromatic carbocycles. The molecular formula is C14H19FN2S. The molecule has 0 saturated carbocycles. The van der Waals surface area contributed by atoms with Gasteiger partial charge in [-0.3, -0.25) is 0 Å². The van der Waals surface area contributed by atoms with Crippen LogP contribution in [0.15, 0.2) is 18.2 Å². The third-order valence-electron chi connectivity index (χ3n) is 3.00. The van der Waals surface area contributed by atoms with E-state index in [-0.39, 0.29) is 5.82 Å². The minimum absolute atomic E-state index is 0.225. The summed E-state index contributed by atoms with van der Waals surface area (Å²) in [5, 5.41) is 1.06. The lowest BCUT2D eigenvalue weighted by atomic mass is 9.94. The van der Waals surface area contributed by atoms with Crippen molar-refractivity contribution in [2.24, 2.45) is 17.6 Å². The molecule has 0 spiro atoms. The standard InChI is InChI=1S/C14H19FN2S/c1-9(2)5-10(8-16)6-14-17-12-7-11(15)3-4-13(12)18-14/h3-4,7,9-10H,5-6,8,16H2,1-2H3. The van der Waals surface area contributed by atoms with Crippen LogP contribution < -0.4 is 5.73 Å². The Bertz CT molecular complexity index is 521. The molecule has 2 N–H and O–H groups in total. The molecule has 1 atom stereocenters. The van der Waals surface area contributed by atoms with Crippen LogP contribution in [0.2, 0.25) is 0 Å². The summed E-state index contributed by atoms with van der Waals surface area (Å²) in [6, 6.07) is 4.78. The highest BCUT2D eigenvalue weighted by molar-refractivity contribution is 7.18. The summed E-state index contributed by atoms with van der Waals surface area (Å²) in [5.74, 6) is 0.887. The molecule has 2 rings (SSSR count). The fourth-order valence-electron chi connectivity index (χ4n) is 2.21. The maximum absolute atomic E-state index is 13.1. The van der Waals surface area contributed by atoms with Crippen molar-refractivity contribution in [2.45, 2.75) is 26.7 Å². The van der Waals surface area contributed by atoms with E-state index in [4.69, 9.17) is 5.73 Å². The normalized spacial score (nSPS) is 13.4. The first-order valence-corrected chi connectivity index (χ1v) is 7.15. The Morgan fingerprint density at radius 2 is 2.17 bits per heavy atom. The number of rotatable bonds is 5. The van der Waals surface area contributed by atoms with Gasteiger partial charge in [0.05, 0.1) is 15.2 Å². The van der Waals surface area contributed by atoms with E-state index < -0.39 is 0 Å². The van der Waals surface area contributed by atoms with E-state index in [2.05, 4.69) is 18.8 Å². The number of halogens is 1. The Balaban J connectivity index is 2.15. The average Bonchev–Trinajstić information content (AvgIpc) is 2.68. The van der Waals surface area contributed by atoms with E-state index in [9.17, 15) is 4.39 Å². The predicted octanol–water partition coefficient (Wildman–Crippen LogP) is 3.60. The maximum atomic E-state index is 13.1. The van der Waals surface area contributed by atoms with Gasteiger partial charge in [0, 0.05) is 12.5 Å². The third kappa shape index (κ3) is 3.27. The number of nitrogens with zero attached hydrogens (tertiary/aromatic N) is 1. The zero-order chi connectivity index (χ0) is 13.1. The van der Waals surface area contributed by atoms with E-state index in [1.54, 1.807) is 17.4 Å². The van der Waals surface area contributed by atoms with Gasteiger partial charge in [-0.1, -0.05) is 13.8 Å². The molecule has 0 fully saturated rings. The lowest BCUT2D eigenvalue weighted by Crippen LogP contribution is -2.18. The molecule has 0 radical (unpaired) electrons. The van der Waals surface area contributed by atoms with Gasteiger partial charge in [-0.2, -0.15) is 0 Å². The Hall–Kier alpha value is -1.00. The molecule has 1 unspecified atom stereocenters. The molecule has 0 amide bonds. The number of thiazole rings is 1. The van der Waals surface area contributed by atoms with Crippen LogP contribution in [0.5, 0.6) is 0 Å². The van der Waals surface area contributed by atoms with Crippen molar-refractivity contribution in [1.29, 1.82) is 0 Å². The van der Waals surface area contributed by atoms with Crippen molar-refractivity contribution >= 4 is 21.6 Å². The molecular weight excluding hydrogens is 247 g/mol. The Morgan fingerprint density at radius 3 is 2.83 bits per heavy atom. The Morgan fingerprint density at radius 1 is 1.39 bits per heavy atom. The molecule has 0 bridgehead atoms. The molecule has 0 aliphatic carbocycles. The minimum atomic E-state index is -0.225.